The minimum absolute atomic E-state index is 0.0205. The first-order chi connectivity index (χ1) is 15.5. The number of fused-ring (bicyclic) bond motifs is 1. The van der Waals surface area contributed by atoms with Crippen LogP contribution in [0, 0.1) is 25.6 Å². The predicted molar refractivity (Wildman–Crippen MR) is 129 cm³/mol. The van der Waals surface area contributed by atoms with Crippen LogP contribution in [-0.4, -0.2) is 55.1 Å². The van der Waals surface area contributed by atoms with Crippen LogP contribution in [0.1, 0.15) is 24.0 Å². The zero-order valence-corrected chi connectivity index (χ0v) is 19.5. The molecule has 1 aromatic heterocycles. The molecule has 0 spiro atoms. The van der Waals surface area contributed by atoms with E-state index < -0.39 is 0 Å². The lowest BCUT2D eigenvalue weighted by Gasteiger charge is -2.40. The molecular weight excluding hydrogens is 423 g/mol. The third kappa shape index (κ3) is 4.06. The van der Waals surface area contributed by atoms with Gasteiger partial charge in [0.05, 0.1) is 10.6 Å². The number of hydrogen-bond donors (Lipinski definition) is 0. The van der Waals surface area contributed by atoms with Gasteiger partial charge in [-0.15, -0.1) is 0 Å². The van der Waals surface area contributed by atoms with Crippen LogP contribution in [0.5, 0.6) is 0 Å². The number of halogens is 1. The number of aromatic nitrogens is 1. The van der Waals surface area contributed by atoms with Crippen molar-refractivity contribution >= 4 is 38.3 Å². The zero-order valence-electron chi connectivity index (χ0n) is 18.7. The van der Waals surface area contributed by atoms with Gasteiger partial charge in [-0.1, -0.05) is 29.5 Å². The van der Waals surface area contributed by atoms with E-state index in [0.717, 1.165) is 55.4 Å². The number of benzene rings is 2. The Bertz CT molecular complexity index is 1140. The minimum Gasteiger partial charge on any atom is -0.368 e. The second kappa shape index (κ2) is 8.70. The van der Waals surface area contributed by atoms with Gasteiger partial charge < -0.3 is 14.7 Å². The first kappa shape index (κ1) is 21.2. The molecule has 0 aliphatic carbocycles. The molecule has 7 heteroatoms. The monoisotopic (exact) mass is 452 g/mol. The molecule has 0 saturated carbocycles. The largest absolute Gasteiger partial charge is 0.368 e. The van der Waals surface area contributed by atoms with Crippen LogP contribution < -0.4 is 9.80 Å². The molecule has 0 N–H and O–H groups in total. The highest BCUT2D eigenvalue weighted by atomic mass is 32.1. The van der Waals surface area contributed by atoms with Crippen LogP contribution in [-0.2, 0) is 4.79 Å². The van der Waals surface area contributed by atoms with Crippen LogP contribution in [0.4, 0.5) is 15.2 Å². The number of nitrogens with zero attached hydrogens (tertiary/aromatic N) is 4. The second-order valence-electron chi connectivity index (χ2n) is 8.97. The van der Waals surface area contributed by atoms with Gasteiger partial charge in [-0.25, -0.2) is 9.37 Å². The lowest BCUT2D eigenvalue weighted by Crippen LogP contribution is -2.52. The number of para-hydroxylation sites is 1. The third-order valence-electron chi connectivity index (χ3n) is 6.70. The molecule has 2 fully saturated rings. The highest BCUT2D eigenvalue weighted by molar-refractivity contribution is 7.22. The van der Waals surface area contributed by atoms with Crippen molar-refractivity contribution in [3.8, 4) is 0 Å². The average molecular weight is 453 g/mol. The molecule has 0 bridgehead atoms. The molecule has 1 amide bonds. The number of aryl methyl sites for hydroxylation is 2. The maximum atomic E-state index is 14.1. The molecule has 2 saturated heterocycles. The highest BCUT2D eigenvalue weighted by Gasteiger charge is 2.32. The number of thiazole rings is 1. The summed E-state index contributed by atoms with van der Waals surface area (Å²) < 4.78 is 14.9. The number of anilines is 2. The Morgan fingerprint density at radius 1 is 1.06 bits per heavy atom. The van der Waals surface area contributed by atoms with Gasteiger partial charge in [0, 0.05) is 45.0 Å². The van der Waals surface area contributed by atoms with Crippen LogP contribution in [0.25, 0.3) is 10.2 Å². The number of carbonyl (C=O) groups is 1. The van der Waals surface area contributed by atoms with Crippen LogP contribution in [0.2, 0.25) is 0 Å². The van der Waals surface area contributed by atoms with E-state index in [1.807, 2.05) is 11.0 Å². The van der Waals surface area contributed by atoms with Gasteiger partial charge in [-0.05, 0) is 56.0 Å². The van der Waals surface area contributed by atoms with Crippen molar-refractivity contribution in [2.45, 2.75) is 26.7 Å². The summed E-state index contributed by atoms with van der Waals surface area (Å²) in [5.74, 6) is -0.0492. The summed E-state index contributed by atoms with van der Waals surface area (Å²) in [5.41, 5.74) is 4.26. The van der Waals surface area contributed by atoms with E-state index in [1.54, 1.807) is 6.07 Å². The van der Waals surface area contributed by atoms with E-state index in [9.17, 15) is 9.18 Å². The molecule has 3 heterocycles. The fourth-order valence-electron chi connectivity index (χ4n) is 4.88. The fourth-order valence-corrected chi connectivity index (χ4v) is 5.89. The Kier molecular flexibility index (Phi) is 5.76. The predicted octanol–water partition coefficient (Wildman–Crippen LogP) is 4.62. The molecule has 3 aromatic rings. The Morgan fingerprint density at radius 2 is 1.88 bits per heavy atom. The summed E-state index contributed by atoms with van der Waals surface area (Å²) in [6.07, 6.45) is 1.86. The minimum atomic E-state index is -0.281. The van der Waals surface area contributed by atoms with Gasteiger partial charge in [0.25, 0.3) is 0 Å². The lowest BCUT2D eigenvalue weighted by molar-refractivity contribution is -0.136. The van der Waals surface area contributed by atoms with E-state index in [2.05, 4.69) is 46.8 Å². The van der Waals surface area contributed by atoms with Gasteiger partial charge in [-0.2, -0.15) is 0 Å². The summed E-state index contributed by atoms with van der Waals surface area (Å²) in [6.45, 7) is 9.05. The SMILES string of the molecule is Cc1ccc(C)c(N2CCN(C(=O)C3CCCN(c4nc5c(F)cccc5s4)C3)CC2)c1. The number of amides is 1. The molecule has 168 valence electrons. The van der Waals surface area contributed by atoms with Crippen molar-refractivity contribution in [2.24, 2.45) is 5.92 Å². The van der Waals surface area contributed by atoms with E-state index in [1.165, 1.54) is 34.2 Å². The second-order valence-corrected chi connectivity index (χ2v) is 9.98. The van der Waals surface area contributed by atoms with Crippen molar-refractivity contribution < 1.29 is 9.18 Å². The molecule has 32 heavy (non-hydrogen) atoms. The van der Waals surface area contributed by atoms with Gasteiger partial charge >= 0.3 is 0 Å². The quantitative estimate of drug-likeness (QED) is 0.582. The maximum absolute atomic E-state index is 14.1. The standard InChI is InChI=1S/C25H29FN4OS/c1-17-8-9-18(2)21(15-17)28-11-13-29(14-12-28)24(31)19-5-4-10-30(16-19)25-27-23-20(26)6-3-7-22(23)32-25/h3,6-9,15,19H,4-5,10-14,16H2,1-2H3. The molecule has 2 aliphatic heterocycles. The van der Waals surface area contributed by atoms with Crippen molar-refractivity contribution in [3.63, 3.8) is 0 Å². The van der Waals surface area contributed by atoms with Crippen molar-refractivity contribution in [1.29, 1.82) is 0 Å². The van der Waals surface area contributed by atoms with Crippen LogP contribution >= 0.6 is 11.3 Å². The first-order valence-corrected chi connectivity index (χ1v) is 12.2. The van der Waals surface area contributed by atoms with E-state index in [-0.39, 0.29) is 17.6 Å². The summed E-state index contributed by atoms with van der Waals surface area (Å²) in [6, 6.07) is 11.6. The summed E-state index contributed by atoms with van der Waals surface area (Å²) >= 11 is 1.51. The van der Waals surface area contributed by atoms with Gasteiger partial charge in [0.1, 0.15) is 11.3 Å². The number of rotatable bonds is 3. The number of carbonyl (C=O) groups excluding carboxylic acids is 1. The van der Waals surface area contributed by atoms with Crippen molar-refractivity contribution in [1.82, 2.24) is 9.88 Å². The van der Waals surface area contributed by atoms with Crippen LogP contribution in [0.3, 0.4) is 0 Å². The summed E-state index contributed by atoms with van der Waals surface area (Å²) in [4.78, 5) is 24.5. The van der Waals surface area contributed by atoms with E-state index in [4.69, 9.17) is 0 Å². The first-order valence-electron chi connectivity index (χ1n) is 11.4. The number of piperazine rings is 1. The summed E-state index contributed by atoms with van der Waals surface area (Å²) in [7, 11) is 0. The van der Waals surface area contributed by atoms with E-state index in [0.29, 0.717) is 12.1 Å². The number of hydrogen-bond acceptors (Lipinski definition) is 5. The van der Waals surface area contributed by atoms with Gasteiger partial charge in [-0.3, -0.25) is 4.79 Å². The molecule has 2 aliphatic rings. The smallest absolute Gasteiger partial charge is 0.227 e. The average Bonchev–Trinajstić information content (AvgIpc) is 3.26. The zero-order chi connectivity index (χ0) is 22.2. The van der Waals surface area contributed by atoms with E-state index >= 15 is 0 Å². The third-order valence-corrected chi connectivity index (χ3v) is 7.78. The highest BCUT2D eigenvalue weighted by Crippen LogP contribution is 2.33. The fraction of sp³-hybridized carbons (Fsp3) is 0.440. The Morgan fingerprint density at radius 3 is 2.66 bits per heavy atom. The molecular formula is C25H29FN4OS. The molecule has 0 radical (unpaired) electrons. The Hall–Kier alpha value is -2.67. The molecule has 5 nitrogen and oxygen atoms in total. The molecule has 1 unspecified atom stereocenters. The van der Waals surface area contributed by atoms with Gasteiger partial charge in [0.2, 0.25) is 5.91 Å². The molecule has 2 aromatic carbocycles. The Labute approximate surface area is 192 Å². The maximum Gasteiger partial charge on any atom is 0.227 e. The molecule has 5 rings (SSSR count). The topological polar surface area (TPSA) is 39.7 Å². The van der Waals surface area contributed by atoms with Crippen molar-refractivity contribution in [2.75, 3.05) is 49.1 Å². The lowest BCUT2D eigenvalue weighted by atomic mass is 9.96. The number of piperidine rings is 1. The van der Waals surface area contributed by atoms with Crippen molar-refractivity contribution in [3.05, 3.63) is 53.3 Å². The molecule has 1 atom stereocenters. The summed E-state index contributed by atoms with van der Waals surface area (Å²) in [5, 5.41) is 0.822. The van der Waals surface area contributed by atoms with Gasteiger partial charge in [0.15, 0.2) is 5.13 Å². The normalized spacial score (nSPS) is 19.6. The van der Waals surface area contributed by atoms with Crippen LogP contribution in [0.15, 0.2) is 36.4 Å². The Balaban J connectivity index is 1.24.